The molecule has 1 amide bonds. The number of amides is 1. The van der Waals surface area contributed by atoms with E-state index in [0.29, 0.717) is 23.0 Å². The first kappa shape index (κ1) is 22.2. The van der Waals surface area contributed by atoms with Gasteiger partial charge in [-0.2, -0.15) is 0 Å². The van der Waals surface area contributed by atoms with Crippen LogP contribution in [0.2, 0.25) is 0 Å². The van der Waals surface area contributed by atoms with Crippen molar-refractivity contribution < 1.29 is 14.5 Å². The molecule has 0 atom stereocenters. The Morgan fingerprint density at radius 2 is 1.88 bits per heavy atom. The van der Waals surface area contributed by atoms with E-state index in [9.17, 15) is 14.9 Å². The van der Waals surface area contributed by atoms with Crippen LogP contribution in [0.3, 0.4) is 0 Å². The van der Waals surface area contributed by atoms with Crippen LogP contribution < -0.4 is 15.0 Å². The molecule has 1 N–H and O–H groups in total. The molecule has 1 saturated heterocycles. The van der Waals surface area contributed by atoms with E-state index in [1.165, 1.54) is 12.1 Å². The normalized spacial score (nSPS) is 14.1. The second-order valence-electron chi connectivity index (χ2n) is 8.19. The van der Waals surface area contributed by atoms with Crippen LogP contribution in [0, 0.1) is 23.0 Å². The zero-order valence-electron chi connectivity index (χ0n) is 18.5. The Balaban J connectivity index is 1.57. The number of anilines is 2. The SMILES string of the molecule is Cc1cc(Oc2ncccn2)ccc1NC(=O)c1cc([N+](=O)[O-])ccc1N1CCC(C)CC1. The smallest absolute Gasteiger partial charge is 0.321 e. The molecule has 0 radical (unpaired) electrons. The van der Waals surface area contributed by atoms with Crippen molar-refractivity contribution in [3.8, 4) is 11.8 Å². The number of nitro benzene ring substituents is 1. The number of aryl methyl sites for hydroxylation is 1. The molecule has 2 heterocycles. The average Bonchev–Trinajstić information content (AvgIpc) is 2.81. The van der Waals surface area contributed by atoms with Crippen molar-refractivity contribution in [3.63, 3.8) is 0 Å². The number of nitrogens with one attached hydrogen (secondary N) is 1. The van der Waals surface area contributed by atoms with Crippen LogP contribution in [-0.4, -0.2) is 33.9 Å². The third-order valence-electron chi connectivity index (χ3n) is 5.76. The van der Waals surface area contributed by atoms with Crippen molar-refractivity contribution in [2.45, 2.75) is 26.7 Å². The number of ether oxygens (including phenoxy) is 1. The lowest BCUT2D eigenvalue weighted by Crippen LogP contribution is -2.34. The zero-order valence-corrected chi connectivity index (χ0v) is 18.5. The standard InChI is InChI=1S/C24H25N5O4/c1-16-8-12-28(13-9-16)22-7-4-18(29(31)32)15-20(22)23(30)27-21-6-5-19(14-17(21)2)33-24-25-10-3-11-26-24/h3-7,10-11,14-16H,8-9,12-13H2,1-2H3,(H,27,30). The van der Waals surface area contributed by atoms with Crippen LogP contribution in [0.1, 0.15) is 35.7 Å². The highest BCUT2D eigenvalue weighted by Gasteiger charge is 2.24. The predicted molar refractivity (Wildman–Crippen MR) is 125 cm³/mol. The lowest BCUT2D eigenvalue weighted by Gasteiger charge is -2.33. The number of aromatic nitrogens is 2. The number of nitro groups is 1. The minimum absolute atomic E-state index is 0.113. The van der Waals surface area contributed by atoms with Crippen LogP contribution in [0.15, 0.2) is 54.9 Å². The van der Waals surface area contributed by atoms with Crippen molar-refractivity contribution in [1.29, 1.82) is 0 Å². The van der Waals surface area contributed by atoms with Gasteiger partial charge in [0.1, 0.15) is 5.75 Å². The topological polar surface area (TPSA) is 110 Å². The Labute approximate surface area is 191 Å². The molecule has 33 heavy (non-hydrogen) atoms. The fourth-order valence-corrected chi connectivity index (χ4v) is 3.82. The number of piperidine rings is 1. The molecule has 3 aromatic rings. The lowest BCUT2D eigenvalue weighted by molar-refractivity contribution is -0.384. The first-order valence-electron chi connectivity index (χ1n) is 10.8. The minimum atomic E-state index is -0.484. The Morgan fingerprint density at radius 3 is 2.55 bits per heavy atom. The molecule has 0 unspecified atom stereocenters. The van der Waals surface area contributed by atoms with Gasteiger partial charge in [-0.3, -0.25) is 14.9 Å². The van der Waals surface area contributed by atoms with Crippen LogP contribution in [-0.2, 0) is 0 Å². The van der Waals surface area contributed by atoms with E-state index in [1.807, 2.05) is 6.92 Å². The van der Waals surface area contributed by atoms with E-state index in [4.69, 9.17) is 4.74 Å². The summed E-state index contributed by atoms with van der Waals surface area (Å²) in [6.45, 7) is 5.67. The van der Waals surface area contributed by atoms with Crippen molar-refractivity contribution >= 4 is 23.0 Å². The lowest BCUT2D eigenvalue weighted by atomic mass is 9.97. The highest BCUT2D eigenvalue weighted by Crippen LogP contribution is 2.31. The first-order valence-corrected chi connectivity index (χ1v) is 10.8. The minimum Gasteiger partial charge on any atom is -0.424 e. The van der Waals surface area contributed by atoms with Crippen molar-refractivity contribution in [2.75, 3.05) is 23.3 Å². The molecule has 0 saturated carbocycles. The van der Waals surface area contributed by atoms with Gasteiger partial charge < -0.3 is 15.0 Å². The number of benzene rings is 2. The molecule has 4 rings (SSSR count). The molecule has 2 aromatic carbocycles. The molecule has 1 aromatic heterocycles. The summed E-state index contributed by atoms with van der Waals surface area (Å²) in [6.07, 6.45) is 5.21. The molecule has 1 fully saturated rings. The van der Waals surface area contributed by atoms with Crippen LogP contribution >= 0.6 is 0 Å². The summed E-state index contributed by atoms with van der Waals surface area (Å²) in [6, 6.07) is 11.6. The highest BCUT2D eigenvalue weighted by molar-refractivity contribution is 6.09. The second-order valence-corrected chi connectivity index (χ2v) is 8.19. The van der Waals surface area contributed by atoms with Crippen LogP contribution in [0.25, 0.3) is 0 Å². The number of carbonyl (C=O) groups excluding carboxylic acids is 1. The quantitative estimate of drug-likeness (QED) is 0.419. The fourth-order valence-electron chi connectivity index (χ4n) is 3.82. The molecule has 0 spiro atoms. The fraction of sp³-hybridized carbons (Fsp3) is 0.292. The van der Waals surface area contributed by atoms with Gasteiger partial charge in [-0.15, -0.1) is 0 Å². The predicted octanol–water partition coefficient (Wildman–Crippen LogP) is 4.97. The number of non-ortho nitro benzene ring substituents is 1. The zero-order chi connectivity index (χ0) is 23.4. The average molecular weight is 447 g/mol. The number of carbonyl (C=O) groups is 1. The second kappa shape index (κ2) is 9.64. The van der Waals surface area contributed by atoms with E-state index < -0.39 is 10.8 Å². The molecular weight excluding hydrogens is 422 g/mol. The summed E-state index contributed by atoms with van der Waals surface area (Å²) < 4.78 is 5.64. The summed E-state index contributed by atoms with van der Waals surface area (Å²) >= 11 is 0. The molecule has 1 aliphatic heterocycles. The molecule has 0 aliphatic carbocycles. The van der Waals surface area contributed by atoms with Gasteiger partial charge in [0.2, 0.25) is 0 Å². The molecular formula is C24H25N5O4. The molecule has 1 aliphatic rings. The van der Waals surface area contributed by atoms with Gasteiger partial charge in [0.15, 0.2) is 0 Å². The number of hydrogen-bond acceptors (Lipinski definition) is 7. The summed E-state index contributed by atoms with van der Waals surface area (Å²) in [5.41, 5.74) is 2.25. The van der Waals surface area contributed by atoms with E-state index >= 15 is 0 Å². The maximum absolute atomic E-state index is 13.2. The van der Waals surface area contributed by atoms with Gasteiger partial charge in [-0.1, -0.05) is 6.92 Å². The largest absolute Gasteiger partial charge is 0.424 e. The van der Waals surface area contributed by atoms with Crippen molar-refractivity contribution in [3.05, 3.63) is 76.1 Å². The van der Waals surface area contributed by atoms with E-state index in [0.717, 1.165) is 31.5 Å². The van der Waals surface area contributed by atoms with Gasteiger partial charge >= 0.3 is 6.01 Å². The molecule has 0 bridgehead atoms. The van der Waals surface area contributed by atoms with Crippen molar-refractivity contribution in [1.82, 2.24) is 9.97 Å². The van der Waals surface area contributed by atoms with Gasteiger partial charge in [0.05, 0.1) is 16.2 Å². The molecule has 9 heteroatoms. The summed E-state index contributed by atoms with van der Waals surface area (Å²) in [5, 5.41) is 14.2. The summed E-state index contributed by atoms with van der Waals surface area (Å²) in [7, 11) is 0. The number of nitrogens with zero attached hydrogens (tertiary/aromatic N) is 4. The van der Waals surface area contributed by atoms with Crippen LogP contribution in [0.4, 0.5) is 17.1 Å². The number of hydrogen-bond donors (Lipinski definition) is 1. The molecule has 9 nitrogen and oxygen atoms in total. The Hall–Kier alpha value is -4.01. The van der Waals surface area contributed by atoms with Crippen LogP contribution in [0.5, 0.6) is 11.8 Å². The number of rotatable bonds is 6. The first-order chi connectivity index (χ1) is 15.9. The Kier molecular flexibility index (Phi) is 6.48. The van der Waals surface area contributed by atoms with Gasteiger partial charge in [0.25, 0.3) is 11.6 Å². The Bertz CT molecular complexity index is 1160. The maximum Gasteiger partial charge on any atom is 0.321 e. The van der Waals surface area contributed by atoms with E-state index in [2.05, 4.69) is 27.1 Å². The van der Waals surface area contributed by atoms with Gasteiger partial charge in [0, 0.05) is 43.3 Å². The summed E-state index contributed by atoms with van der Waals surface area (Å²) in [4.78, 5) is 34.3. The third-order valence-corrected chi connectivity index (χ3v) is 5.76. The van der Waals surface area contributed by atoms with Gasteiger partial charge in [-0.05, 0) is 61.6 Å². The van der Waals surface area contributed by atoms with E-state index in [1.54, 1.807) is 42.7 Å². The van der Waals surface area contributed by atoms with Crippen molar-refractivity contribution in [2.24, 2.45) is 5.92 Å². The Morgan fingerprint density at radius 1 is 1.15 bits per heavy atom. The van der Waals surface area contributed by atoms with Gasteiger partial charge in [-0.25, -0.2) is 9.97 Å². The third kappa shape index (κ3) is 5.25. The highest BCUT2D eigenvalue weighted by atomic mass is 16.6. The monoisotopic (exact) mass is 447 g/mol. The summed E-state index contributed by atoms with van der Waals surface area (Å²) in [5.74, 6) is 0.770. The maximum atomic E-state index is 13.2. The van der Waals surface area contributed by atoms with E-state index in [-0.39, 0.29) is 17.3 Å². The molecule has 170 valence electrons.